The van der Waals surface area contributed by atoms with Crippen LogP contribution < -0.4 is 11.1 Å². The fourth-order valence-electron chi connectivity index (χ4n) is 1.40. The van der Waals surface area contributed by atoms with Gasteiger partial charge in [0.25, 0.3) is 0 Å². The summed E-state index contributed by atoms with van der Waals surface area (Å²) in [5, 5.41) is 6.59. The Bertz CT molecular complexity index is 228. The normalized spacial score (nSPS) is 28.4. The lowest BCUT2D eigenvalue weighted by molar-refractivity contribution is 0.290. The van der Waals surface area contributed by atoms with Gasteiger partial charge in [-0.25, -0.2) is 4.98 Å². The van der Waals surface area contributed by atoms with Crippen LogP contribution in [0.5, 0.6) is 0 Å². The Kier molecular flexibility index (Phi) is 2.39. The zero-order chi connectivity index (χ0) is 8.39. The molecule has 1 aliphatic rings. The fourth-order valence-corrected chi connectivity index (χ4v) is 1.97. The van der Waals surface area contributed by atoms with E-state index in [1.165, 1.54) is 0 Å². The van der Waals surface area contributed by atoms with E-state index in [0.29, 0.717) is 12.1 Å². The molecule has 12 heavy (non-hydrogen) atoms. The molecule has 1 fully saturated rings. The number of rotatable bonds is 3. The smallest absolute Gasteiger partial charge is 0.106 e. The molecule has 0 spiro atoms. The Morgan fingerprint density at radius 2 is 2.50 bits per heavy atom. The average Bonchev–Trinajstić information content (AvgIpc) is 2.47. The van der Waals surface area contributed by atoms with E-state index in [2.05, 4.69) is 10.3 Å². The van der Waals surface area contributed by atoms with Crippen molar-refractivity contribution < 1.29 is 0 Å². The van der Waals surface area contributed by atoms with Crippen molar-refractivity contribution in [2.75, 3.05) is 0 Å². The third kappa shape index (κ3) is 1.83. The van der Waals surface area contributed by atoms with Crippen LogP contribution in [-0.2, 0) is 6.54 Å². The minimum Gasteiger partial charge on any atom is -0.328 e. The number of nitrogens with one attached hydrogen (secondary N) is 1. The Labute approximate surface area is 76.0 Å². The molecule has 1 heterocycles. The van der Waals surface area contributed by atoms with Gasteiger partial charge in [-0.05, 0) is 12.8 Å². The SMILES string of the molecule is NC1CC(NCc2nccs2)C1. The summed E-state index contributed by atoms with van der Waals surface area (Å²) >= 11 is 1.70. The second-order valence-corrected chi connectivity index (χ2v) is 4.21. The van der Waals surface area contributed by atoms with Crippen molar-refractivity contribution in [3.05, 3.63) is 16.6 Å². The zero-order valence-corrected chi connectivity index (χ0v) is 7.68. The lowest BCUT2D eigenvalue weighted by atomic mass is 9.88. The van der Waals surface area contributed by atoms with Gasteiger partial charge in [0.1, 0.15) is 5.01 Å². The topological polar surface area (TPSA) is 50.9 Å². The van der Waals surface area contributed by atoms with Crippen LogP contribution in [0.1, 0.15) is 17.8 Å². The summed E-state index contributed by atoms with van der Waals surface area (Å²) in [5.74, 6) is 0. The van der Waals surface area contributed by atoms with E-state index in [1.807, 2.05) is 11.6 Å². The molecule has 0 saturated heterocycles. The van der Waals surface area contributed by atoms with Crippen LogP contribution >= 0.6 is 11.3 Å². The van der Waals surface area contributed by atoms with E-state index < -0.39 is 0 Å². The molecular formula is C8H13N3S. The van der Waals surface area contributed by atoms with E-state index in [-0.39, 0.29) is 0 Å². The molecule has 2 rings (SSSR count). The Morgan fingerprint density at radius 1 is 1.67 bits per heavy atom. The van der Waals surface area contributed by atoms with Gasteiger partial charge in [-0.3, -0.25) is 0 Å². The van der Waals surface area contributed by atoms with Crippen LogP contribution in [-0.4, -0.2) is 17.1 Å². The Balaban J connectivity index is 1.70. The van der Waals surface area contributed by atoms with Crippen molar-refractivity contribution in [1.82, 2.24) is 10.3 Å². The number of aromatic nitrogens is 1. The standard InChI is InChI=1S/C8H13N3S/c9-6-3-7(4-6)11-5-8-10-1-2-12-8/h1-2,6-7,11H,3-5,9H2. The Hall–Kier alpha value is -0.450. The van der Waals surface area contributed by atoms with Gasteiger partial charge in [-0.2, -0.15) is 0 Å². The molecule has 0 aliphatic heterocycles. The molecule has 3 N–H and O–H groups in total. The third-order valence-corrected chi connectivity index (χ3v) is 2.98. The van der Waals surface area contributed by atoms with Gasteiger partial charge in [-0.15, -0.1) is 11.3 Å². The van der Waals surface area contributed by atoms with E-state index in [4.69, 9.17) is 5.73 Å². The number of nitrogens with zero attached hydrogens (tertiary/aromatic N) is 1. The summed E-state index contributed by atoms with van der Waals surface area (Å²) in [5.41, 5.74) is 5.66. The molecule has 4 heteroatoms. The van der Waals surface area contributed by atoms with Crippen molar-refractivity contribution in [3.63, 3.8) is 0 Å². The first-order valence-electron chi connectivity index (χ1n) is 4.22. The van der Waals surface area contributed by atoms with Crippen LogP contribution in [0.15, 0.2) is 11.6 Å². The quantitative estimate of drug-likeness (QED) is 0.726. The zero-order valence-electron chi connectivity index (χ0n) is 6.86. The van der Waals surface area contributed by atoms with Crippen LogP contribution in [0.25, 0.3) is 0 Å². The highest BCUT2D eigenvalue weighted by molar-refractivity contribution is 7.09. The number of hydrogen-bond acceptors (Lipinski definition) is 4. The van der Waals surface area contributed by atoms with Crippen LogP contribution in [0.3, 0.4) is 0 Å². The minimum absolute atomic E-state index is 0.429. The lowest BCUT2D eigenvalue weighted by Crippen LogP contribution is -2.48. The summed E-state index contributed by atoms with van der Waals surface area (Å²) in [6.45, 7) is 0.898. The van der Waals surface area contributed by atoms with E-state index in [0.717, 1.165) is 24.4 Å². The number of hydrogen-bond donors (Lipinski definition) is 2. The van der Waals surface area contributed by atoms with Crippen molar-refractivity contribution in [3.8, 4) is 0 Å². The summed E-state index contributed by atoms with van der Waals surface area (Å²) in [6, 6.07) is 1.06. The van der Waals surface area contributed by atoms with Crippen LogP contribution in [0.4, 0.5) is 0 Å². The molecule has 0 radical (unpaired) electrons. The van der Waals surface area contributed by atoms with Crippen molar-refractivity contribution in [2.45, 2.75) is 31.5 Å². The maximum atomic E-state index is 5.66. The number of nitrogens with two attached hydrogens (primary N) is 1. The van der Waals surface area contributed by atoms with Crippen LogP contribution in [0.2, 0.25) is 0 Å². The maximum Gasteiger partial charge on any atom is 0.106 e. The molecule has 66 valence electrons. The molecule has 1 saturated carbocycles. The van der Waals surface area contributed by atoms with Gasteiger partial charge in [0.05, 0.1) is 0 Å². The lowest BCUT2D eigenvalue weighted by Gasteiger charge is -2.32. The summed E-state index contributed by atoms with van der Waals surface area (Å²) < 4.78 is 0. The molecule has 1 aliphatic carbocycles. The molecular weight excluding hydrogens is 170 g/mol. The minimum atomic E-state index is 0.429. The molecule has 0 aromatic carbocycles. The molecule has 0 amide bonds. The van der Waals surface area contributed by atoms with Gasteiger partial charge in [0.15, 0.2) is 0 Å². The first kappa shape index (κ1) is 8.16. The maximum absolute atomic E-state index is 5.66. The second-order valence-electron chi connectivity index (χ2n) is 3.24. The van der Waals surface area contributed by atoms with Crippen molar-refractivity contribution in [1.29, 1.82) is 0 Å². The molecule has 1 aromatic heterocycles. The molecule has 0 bridgehead atoms. The predicted molar refractivity (Wildman–Crippen MR) is 50.0 cm³/mol. The highest BCUT2D eigenvalue weighted by Crippen LogP contribution is 2.18. The predicted octanol–water partition coefficient (Wildman–Crippen LogP) is 0.722. The van der Waals surface area contributed by atoms with Crippen LogP contribution in [0, 0.1) is 0 Å². The number of thiazole rings is 1. The summed E-state index contributed by atoms with van der Waals surface area (Å²) in [7, 11) is 0. The monoisotopic (exact) mass is 183 g/mol. The fraction of sp³-hybridized carbons (Fsp3) is 0.625. The second kappa shape index (κ2) is 3.51. The summed E-state index contributed by atoms with van der Waals surface area (Å²) in [4.78, 5) is 4.19. The largest absolute Gasteiger partial charge is 0.328 e. The van der Waals surface area contributed by atoms with E-state index in [9.17, 15) is 0 Å². The summed E-state index contributed by atoms with van der Waals surface area (Å²) in [6.07, 6.45) is 4.07. The molecule has 3 nitrogen and oxygen atoms in total. The Morgan fingerprint density at radius 3 is 3.08 bits per heavy atom. The first-order chi connectivity index (χ1) is 5.84. The van der Waals surface area contributed by atoms with Gasteiger partial charge in [0, 0.05) is 30.2 Å². The van der Waals surface area contributed by atoms with Gasteiger partial charge < -0.3 is 11.1 Å². The third-order valence-electron chi connectivity index (χ3n) is 2.20. The highest BCUT2D eigenvalue weighted by atomic mass is 32.1. The first-order valence-corrected chi connectivity index (χ1v) is 5.10. The molecule has 1 aromatic rings. The van der Waals surface area contributed by atoms with Gasteiger partial charge >= 0.3 is 0 Å². The highest BCUT2D eigenvalue weighted by Gasteiger charge is 2.24. The van der Waals surface area contributed by atoms with Crippen molar-refractivity contribution >= 4 is 11.3 Å². The molecule has 0 unspecified atom stereocenters. The average molecular weight is 183 g/mol. The van der Waals surface area contributed by atoms with Gasteiger partial charge in [0.2, 0.25) is 0 Å². The van der Waals surface area contributed by atoms with Gasteiger partial charge in [-0.1, -0.05) is 0 Å². The van der Waals surface area contributed by atoms with E-state index >= 15 is 0 Å². The van der Waals surface area contributed by atoms with E-state index in [1.54, 1.807) is 11.3 Å². The van der Waals surface area contributed by atoms with Crippen molar-refractivity contribution in [2.24, 2.45) is 5.73 Å². The molecule has 0 atom stereocenters.